The summed E-state index contributed by atoms with van der Waals surface area (Å²) in [4.78, 5) is 31.4. The number of rotatable bonds is 6. The van der Waals surface area contributed by atoms with Crippen LogP contribution >= 0.6 is 11.3 Å². The Labute approximate surface area is 176 Å². The fourth-order valence-corrected chi connectivity index (χ4v) is 4.13. The normalized spacial score (nSPS) is 10.7. The number of thiophene rings is 1. The van der Waals surface area contributed by atoms with Gasteiger partial charge in [-0.2, -0.15) is 0 Å². The van der Waals surface area contributed by atoms with Gasteiger partial charge in [-0.05, 0) is 36.8 Å². The molecule has 0 fully saturated rings. The highest BCUT2D eigenvalue weighted by molar-refractivity contribution is 7.19. The monoisotopic (exact) mass is 421 g/mol. The molecular weight excluding hydrogens is 402 g/mol. The van der Waals surface area contributed by atoms with Crippen molar-refractivity contribution >= 4 is 27.5 Å². The van der Waals surface area contributed by atoms with E-state index in [4.69, 9.17) is 9.47 Å². The highest BCUT2D eigenvalue weighted by Crippen LogP contribution is 2.35. The van der Waals surface area contributed by atoms with Crippen molar-refractivity contribution in [1.82, 2.24) is 9.66 Å². The number of fused-ring (bicyclic) bond motifs is 1. The molecule has 4 aromatic rings. The molecule has 7 nitrogen and oxygen atoms in total. The zero-order valence-electron chi connectivity index (χ0n) is 16.4. The predicted molar refractivity (Wildman–Crippen MR) is 117 cm³/mol. The Morgan fingerprint density at radius 3 is 2.50 bits per heavy atom. The maximum atomic E-state index is 13.1. The molecule has 30 heavy (non-hydrogen) atoms. The molecule has 1 amide bonds. The molecule has 0 saturated heterocycles. The topological polar surface area (TPSA) is 82.4 Å². The van der Waals surface area contributed by atoms with Gasteiger partial charge in [0.1, 0.15) is 22.7 Å². The van der Waals surface area contributed by atoms with Crippen LogP contribution < -0.4 is 20.5 Å². The van der Waals surface area contributed by atoms with Crippen LogP contribution in [0.15, 0.2) is 65.7 Å². The summed E-state index contributed by atoms with van der Waals surface area (Å²) < 4.78 is 11.6. The summed E-state index contributed by atoms with van der Waals surface area (Å²) in [5.41, 5.74) is 3.98. The number of nitrogens with zero attached hydrogens (tertiary/aromatic N) is 2. The lowest BCUT2D eigenvalue weighted by atomic mass is 10.0. The van der Waals surface area contributed by atoms with Crippen molar-refractivity contribution in [1.29, 1.82) is 0 Å². The number of nitrogens with one attached hydrogen (secondary N) is 1. The van der Waals surface area contributed by atoms with E-state index in [1.165, 1.54) is 17.7 Å². The first-order valence-electron chi connectivity index (χ1n) is 9.19. The van der Waals surface area contributed by atoms with Gasteiger partial charge in [0.25, 0.3) is 11.5 Å². The highest BCUT2D eigenvalue weighted by atomic mass is 32.1. The molecule has 0 aliphatic rings. The number of amides is 1. The van der Waals surface area contributed by atoms with E-state index in [-0.39, 0.29) is 12.2 Å². The minimum Gasteiger partial charge on any atom is -0.497 e. The fourth-order valence-electron chi connectivity index (χ4n) is 3.12. The molecule has 2 heterocycles. The summed E-state index contributed by atoms with van der Waals surface area (Å²) in [5, 5.41) is 0.488. The van der Waals surface area contributed by atoms with Crippen molar-refractivity contribution < 1.29 is 14.3 Å². The van der Waals surface area contributed by atoms with Gasteiger partial charge in [0.2, 0.25) is 0 Å². The largest absolute Gasteiger partial charge is 0.497 e. The number of carbonyl (C=O) groups excluding carboxylic acids is 1. The molecule has 1 N–H and O–H groups in total. The summed E-state index contributed by atoms with van der Waals surface area (Å²) in [6.07, 6.45) is 1.32. The van der Waals surface area contributed by atoms with Crippen LogP contribution in [0.4, 0.5) is 0 Å². The van der Waals surface area contributed by atoms with E-state index < -0.39 is 5.91 Å². The van der Waals surface area contributed by atoms with Crippen LogP contribution in [0.1, 0.15) is 4.88 Å². The number of hydrogen-bond acceptors (Lipinski definition) is 6. The zero-order valence-corrected chi connectivity index (χ0v) is 17.2. The van der Waals surface area contributed by atoms with Gasteiger partial charge >= 0.3 is 0 Å². The lowest BCUT2D eigenvalue weighted by Crippen LogP contribution is -2.35. The van der Waals surface area contributed by atoms with Gasteiger partial charge in [0, 0.05) is 10.4 Å². The number of hydrogen-bond donors (Lipinski definition) is 1. The molecule has 2 aromatic carbocycles. The summed E-state index contributed by atoms with van der Waals surface area (Å²) in [5.74, 6) is 0.743. The quantitative estimate of drug-likeness (QED) is 0.514. The summed E-state index contributed by atoms with van der Waals surface area (Å²) in [7, 11) is 1.57. The van der Waals surface area contributed by atoms with Crippen LogP contribution in [0.2, 0.25) is 0 Å². The van der Waals surface area contributed by atoms with E-state index in [0.717, 1.165) is 20.7 Å². The molecular formula is C22H19N3O4S. The molecule has 0 saturated carbocycles. The van der Waals surface area contributed by atoms with Crippen LogP contribution in [0.3, 0.4) is 0 Å². The van der Waals surface area contributed by atoms with E-state index >= 15 is 0 Å². The van der Waals surface area contributed by atoms with E-state index in [1.807, 2.05) is 37.3 Å². The van der Waals surface area contributed by atoms with E-state index in [1.54, 1.807) is 31.4 Å². The number of methoxy groups -OCH3 is 1. The molecule has 2 aromatic heterocycles. The van der Waals surface area contributed by atoms with Gasteiger partial charge < -0.3 is 9.47 Å². The van der Waals surface area contributed by atoms with E-state index in [2.05, 4.69) is 10.4 Å². The van der Waals surface area contributed by atoms with Crippen molar-refractivity contribution in [2.75, 3.05) is 19.1 Å². The second-order valence-electron chi connectivity index (χ2n) is 6.50. The summed E-state index contributed by atoms with van der Waals surface area (Å²) in [6, 6.07) is 16.5. The number of ether oxygens (including phenoxy) is 2. The van der Waals surface area contributed by atoms with Crippen LogP contribution in [-0.2, 0) is 4.79 Å². The average Bonchev–Trinajstić information content (AvgIpc) is 3.12. The molecule has 0 aliphatic carbocycles. The second kappa shape index (κ2) is 8.38. The van der Waals surface area contributed by atoms with Crippen LogP contribution in [0, 0.1) is 6.92 Å². The first-order chi connectivity index (χ1) is 14.6. The Bertz CT molecular complexity index is 1250. The standard InChI is InChI=1S/C22H19N3O4S/c1-14-19(15-6-4-3-5-7-15)20-21(30-14)23-13-25(22(20)27)24-18(26)12-29-17-10-8-16(28-2)9-11-17/h3-11,13H,12H2,1-2H3,(H,24,26). The van der Waals surface area contributed by atoms with Gasteiger partial charge in [0.05, 0.1) is 12.5 Å². The minimum absolute atomic E-state index is 0.245. The van der Waals surface area contributed by atoms with E-state index in [9.17, 15) is 9.59 Å². The van der Waals surface area contributed by atoms with Crippen molar-refractivity contribution in [3.63, 3.8) is 0 Å². The molecule has 0 aliphatic heterocycles. The Hall–Kier alpha value is -3.65. The van der Waals surface area contributed by atoms with Crippen LogP contribution in [-0.4, -0.2) is 29.3 Å². The average molecular weight is 421 g/mol. The lowest BCUT2D eigenvalue weighted by Gasteiger charge is -2.10. The molecule has 0 spiro atoms. The minimum atomic E-state index is -0.470. The first kappa shape index (κ1) is 19.7. The van der Waals surface area contributed by atoms with Gasteiger partial charge in [-0.15, -0.1) is 11.3 Å². The molecule has 4 rings (SSSR count). The third kappa shape index (κ3) is 3.90. The van der Waals surface area contributed by atoms with Crippen molar-refractivity contribution in [2.24, 2.45) is 0 Å². The summed E-state index contributed by atoms with van der Waals surface area (Å²) >= 11 is 1.45. The molecule has 0 radical (unpaired) electrons. The molecule has 8 heteroatoms. The zero-order chi connectivity index (χ0) is 21.1. The Morgan fingerprint density at radius 2 is 1.80 bits per heavy atom. The van der Waals surface area contributed by atoms with Crippen molar-refractivity contribution in [3.05, 3.63) is 76.2 Å². The van der Waals surface area contributed by atoms with Crippen molar-refractivity contribution in [2.45, 2.75) is 6.92 Å². The van der Waals surface area contributed by atoms with E-state index in [0.29, 0.717) is 21.7 Å². The maximum Gasteiger partial charge on any atom is 0.281 e. The molecule has 0 bridgehead atoms. The van der Waals surface area contributed by atoms with Gasteiger partial charge in [-0.3, -0.25) is 15.0 Å². The lowest BCUT2D eigenvalue weighted by molar-refractivity contribution is -0.119. The predicted octanol–water partition coefficient (Wildman–Crippen LogP) is 3.59. The number of benzene rings is 2. The third-order valence-corrected chi connectivity index (χ3v) is 5.54. The SMILES string of the molecule is COc1ccc(OCC(=O)Nn2cnc3sc(C)c(-c4ccccc4)c3c2=O)cc1. The van der Waals surface area contributed by atoms with Gasteiger partial charge in [-0.1, -0.05) is 30.3 Å². The fraction of sp³-hybridized carbons (Fsp3) is 0.136. The van der Waals surface area contributed by atoms with Gasteiger partial charge in [-0.25, -0.2) is 9.66 Å². The summed E-state index contributed by atoms with van der Waals surface area (Å²) in [6.45, 7) is 1.71. The number of aromatic nitrogens is 2. The van der Waals surface area contributed by atoms with Crippen molar-refractivity contribution in [3.8, 4) is 22.6 Å². The van der Waals surface area contributed by atoms with Crippen LogP contribution in [0.5, 0.6) is 11.5 Å². The molecule has 152 valence electrons. The number of aryl methyl sites for hydroxylation is 1. The first-order valence-corrected chi connectivity index (χ1v) is 10.0. The Kier molecular flexibility index (Phi) is 5.49. The highest BCUT2D eigenvalue weighted by Gasteiger charge is 2.17. The van der Waals surface area contributed by atoms with Crippen LogP contribution in [0.25, 0.3) is 21.3 Å². The second-order valence-corrected chi connectivity index (χ2v) is 7.70. The van der Waals surface area contributed by atoms with Gasteiger partial charge in [0.15, 0.2) is 6.61 Å². The maximum absolute atomic E-state index is 13.1. The molecule has 0 unspecified atom stereocenters. The number of carbonyl (C=O) groups is 1. The molecule has 0 atom stereocenters. The third-order valence-electron chi connectivity index (χ3n) is 4.53. The Morgan fingerprint density at radius 1 is 1.10 bits per heavy atom. The Balaban J connectivity index is 1.56. The smallest absolute Gasteiger partial charge is 0.281 e.